The summed E-state index contributed by atoms with van der Waals surface area (Å²) in [6.07, 6.45) is 1.56. The van der Waals surface area contributed by atoms with Crippen LogP contribution >= 0.6 is 0 Å². The first-order chi connectivity index (χ1) is 24.0. The number of fused-ring (bicyclic) bond motifs is 4. The Balaban J connectivity index is 1.24. The molecule has 6 heteroatoms. The number of hydrogen-bond donors (Lipinski definition) is 0. The molecule has 0 saturated carbocycles. The molecule has 0 atom stereocenters. The SMILES string of the molecule is [2H]C([2H])([2H])c1ccnc(-n2c3ccc(C)cc3c3ccc(Oc4cccc(-n5[c](=[Pt])n(-c6c(C)cc(C)cc6C)c6ccccc65)c4)cc32)c1. The Morgan fingerprint density at radius 3 is 2.15 bits per heavy atom. The summed E-state index contributed by atoms with van der Waals surface area (Å²) in [4.78, 5) is 4.62. The van der Waals surface area contributed by atoms with Crippen LogP contribution in [0.15, 0.2) is 115 Å². The number of hydrogen-bond acceptors (Lipinski definition) is 2. The van der Waals surface area contributed by atoms with Crippen LogP contribution in [0.25, 0.3) is 50.0 Å². The zero-order chi connectivity index (χ0) is 34.9. The van der Waals surface area contributed by atoms with Crippen LogP contribution in [0.3, 0.4) is 0 Å². The molecule has 234 valence electrons. The van der Waals surface area contributed by atoms with E-state index in [2.05, 4.69) is 134 Å². The van der Waals surface area contributed by atoms with Gasteiger partial charge in [0.05, 0.1) is 0 Å². The molecule has 0 N–H and O–H groups in total. The first-order valence-electron chi connectivity index (χ1n) is 17.0. The van der Waals surface area contributed by atoms with Gasteiger partial charge in [0.25, 0.3) is 0 Å². The fraction of sp³-hybridized carbons (Fsp3) is 0.122. The molecule has 5 nitrogen and oxygen atoms in total. The van der Waals surface area contributed by atoms with Crippen LogP contribution in [0, 0.1) is 38.4 Å². The second kappa shape index (κ2) is 11.4. The number of pyridine rings is 1. The fourth-order valence-electron chi connectivity index (χ4n) is 6.88. The second-order valence-corrected chi connectivity index (χ2v) is 13.2. The van der Waals surface area contributed by atoms with Crippen LogP contribution in [0.5, 0.6) is 11.5 Å². The van der Waals surface area contributed by atoms with Crippen LogP contribution in [0.4, 0.5) is 0 Å². The standard InChI is InChI=1S/C41H34N4O.Pt/c1-26-13-16-36-35(21-26)34-15-14-33(24-39(34)45(36)40-22-27(2)17-18-42-40)46-32-10-8-9-31(23-32)43-25-44(38-12-7-6-11-37(38)43)41-29(4)19-28(3)20-30(41)5;/h6-24H,1-5H3;/i2D3;. The summed E-state index contributed by atoms with van der Waals surface area (Å²) < 4.78 is 38.3. The zero-order valence-electron chi connectivity index (χ0n) is 29.5. The molecule has 0 aliphatic heterocycles. The van der Waals surface area contributed by atoms with Gasteiger partial charge in [-0.3, -0.25) is 0 Å². The molecule has 0 bridgehead atoms. The van der Waals surface area contributed by atoms with E-state index in [4.69, 9.17) is 8.85 Å². The van der Waals surface area contributed by atoms with Crippen LogP contribution < -0.4 is 4.74 Å². The molecular weight excluding hydrogens is 760 g/mol. The summed E-state index contributed by atoms with van der Waals surface area (Å²) in [6.45, 7) is 6.32. The van der Waals surface area contributed by atoms with Gasteiger partial charge in [0.15, 0.2) is 0 Å². The number of aromatic nitrogens is 4. The van der Waals surface area contributed by atoms with Crippen LogP contribution in [0.2, 0.25) is 0 Å². The molecular formula is C41H34N4OPt. The van der Waals surface area contributed by atoms with Gasteiger partial charge in [-0.25, -0.2) is 0 Å². The van der Waals surface area contributed by atoms with Crippen molar-refractivity contribution < 1.29 is 28.2 Å². The van der Waals surface area contributed by atoms with Crippen LogP contribution in [0.1, 0.15) is 31.9 Å². The predicted molar refractivity (Wildman–Crippen MR) is 188 cm³/mol. The number of imidazole rings is 1. The summed E-state index contributed by atoms with van der Waals surface area (Å²) >= 11 is 2.43. The minimum atomic E-state index is -2.24. The molecule has 5 aromatic carbocycles. The monoisotopic (exact) mass is 796 g/mol. The van der Waals surface area contributed by atoms with Crippen molar-refractivity contribution in [1.82, 2.24) is 18.7 Å². The van der Waals surface area contributed by atoms with E-state index in [-0.39, 0.29) is 5.56 Å². The van der Waals surface area contributed by atoms with E-state index in [1.165, 1.54) is 22.4 Å². The third-order valence-corrected chi connectivity index (χ3v) is 9.76. The van der Waals surface area contributed by atoms with Gasteiger partial charge in [-0.15, -0.1) is 0 Å². The van der Waals surface area contributed by atoms with Crippen molar-refractivity contribution in [3.8, 4) is 28.7 Å². The molecule has 47 heavy (non-hydrogen) atoms. The number of nitrogens with zero attached hydrogens (tertiary/aromatic N) is 4. The van der Waals surface area contributed by atoms with E-state index in [0.717, 1.165) is 47.9 Å². The Morgan fingerprint density at radius 2 is 1.36 bits per heavy atom. The quantitative estimate of drug-likeness (QED) is 0.174. The molecule has 3 heterocycles. The van der Waals surface area contributed by atoms with Gasteiger partial charge in [0.2, 0.25) is 0 Å². The van der Waals surface area contributed by atoms with E-state index >= 15 is 0 Å². The molecule has 0 spiro atoms. The van der Waals surface area contributed by atoms with Crippen LogP contribution in [-0.4, -0.2) is 18.7 Å². The van der Waals surface area contributed by atoms with Crippen molar-refractivity contribution in [3.05, 3.63) is 147 Å². The summed E-state index contributed by atoms with van der Waals surface area (Å²) in [7, 11) is 0. The van der Waals surface area contributed by atoms with Crippen molar-refractivity contribution in [1.29, 1.82) is 0 Å². The van der Waals surface area contributed by atoms with Crippen molar-refractivity contribution in [3.63, 3.8) is 0 Å². The molecule has 0 unspecified atom stereocenters. The molecule has 0 aliphatic rings. The maximum atomic E-state index is 7.99. The summed E-state index contributed by atoms with van der Waals surface area (Å²) in [5.41, 5.74) is 11.3. The van der Waals surface area contributed by atoms with Gasteiger partial charge in [0.1, 0.15) is 0 Å². The average Bonchev–Trinajstić information content (AvgIpc) is 3.54. The molecule has 3 aromatic heterocycles. The number of benzene rings is 5. The number of aryl methyl sites for hydroxylation is 5. The van der Waals surface area contributed by atoms with Crippen molar-refractivity contribution in [2.45, 2.75) is 34.5 Å². The van der Waals surface area contributed by atoms with Crippen LogP contribution in [-0.2, 0) is 19.4 Å². The average molecular weight is 797 g/mol. The Labute approximate surface area is 288 Å². The summed E-state index contributed by atoms with van der Waals surface area (Å²) in [6, 6.07) is 36.7. The minimum absolute atomic E-state index is 0.245. The molecule has 0 fully saturated rings. The molecule has 8 rings (SSSR count). The van der Waals surface area contributed by atoms with E-state index in [1.54, 1.807) is 18.3 Å². The topological polar surface area (TPSA) is 36.9 Å². The zero-order valence-corrected chi connectivity index (χ0v) is 28.8. The molecule has 0 amide bonds. The van der Waals surface area contributed by atoms with Gasteiger partial charge >= 0.3 is 243 Å². The van der Waals surface area contributed by atoms with Gasteiger partial charge in [-0.2, -0.15) is 0 Å². The Bertz CT molecular complexity index is 2680. The Morgan fingerprint density at radius 1 is 0.596 bits per heavy atom. The third-order valence-electron chi connectivity index (χ3n) is 8.74. The summed E-state index contributed by atoms with van der Waals surface area (Å²) in [5, 5.41) is 2.10. The van der Waals surface area contributed by atoms with Crippen molar-refractivity contribution in [2.75, 3.05) is 0 Å². The van der Waals surface area contributed by atoms with Gasteiger partial charge in [-0.1, -0.05) is 11.6 Å². The van der Waals surface area contributed by atoms with E-state index in [9.17, 15) is 0 Å². The van der Waals surface area contributed by atoms with E-state index in [0.29, 0.717) is 17.3 Å². The maximum absolute atomic E-state index is 7.99. The second-order valence-electron chi connectivity index (χ2n) is 12.2. The van der Waals surface area contributed by atoms with Gasteiger partial charge < -0.3 is 0 Å². The Kier molecular flexibility index (Phi) is 6.31. The molecule has 0 aliphatic carbocycles. The number of ether oxygens (including phenoxy) is 1. The van der Waals surface area contributed by atoms with Gasteiger partial charge in [0, 0.05) is 10.3 Å². The summed E-state index contributed by atoms with van der Waals surface area (Å²) in [5.74, 6) is 1.91. The van der Waals surface area contributed by atoms with Gasteiger partial charge in [-0.05, 0) is 25.4 Å². The predicted octanol–water partition coefficient (Wildman–Crippen LogP) is 10.3. The number of rotatable bonds is 5. The molecule has 0 radical (unpaired) electrons. The van der Waals surface area contributed by atoms with Crippen molar-refractivity contribution in [2.24, 2.45) is 0 Å². The molecule has 0 saturated heterocycles. The van der Waals surface area contributed by atoms with Crippen molar-refractivity contribution >= 4 is 32.8 Å². The molecule has 8 aromatic rings. The first-order valence-corrected chi connectivity index (χ1v) is 16.7. The fourth-order valence-corrected chi connectivity index (χ4v) is 7.98. The normalized spacial score (nSPS) is 12.9. The number of para-hydroxylation sites is 2. The Hall–Kier alpha value is -4.99. The van der Waals surface area contributed by atoms with E-state index in [1.807, 2.05) is 28.8 Å². The third kappa shape index (κ3) is 4.97. The first kappa shape index (κ1) is 26.1. The van der Waals surface area contributed by atoms with E-state index < -0.39 is 6.85 Å².